The van der Waals surface area contributed by atoms with Gasteiger partial charge >= 0.3 is 0 Å². The van der Waals surface area contributed by atoms with Gasteiger partial charge < -0.3 is 4.57 Å². The van der Waals surface area contributed by atoms with Crippen LogP contribution in [0.5, 0.6) is 0 Å². The van der Waals surface area contributed by atoms with Crippen molar-refractivity contribution in [1.29, 1.82) is 0 Å². The number of nitrogens with zero attached hydrogens (tertiary/aromatic N) is 1. The van der Waals surface area contributed by atoms with Crippen molar-refractivity contribution in [3.05, 3.63) is 69.5 Å². The van der Waals surface area contributed by atoms with E-state index in [0.717, 1.165) is 5.56 Å². The zero-order chi connectivity index (χ0) is 12.5. The van der Waals surface area contributed by atoms with Crippen LogP contribution in [0.4, 0.5) is 0 Å². The van der Waals surface area contributed by atoms with Gasteiger partial charge in [0.05, 0.1) is 6.54 Å². The van der Waals surface area contributed by atoms with Gasteiger partial charge in [0.1, 0.15) is 0 Å². The van der Waals surface area contributed by atoms with Gasteiger partial charge in [-0.1, -0.05) is 18.2 Å². The summed E-state index contributed by atoms with van der Waals surface area (Å²) in [5, 5.41) is 3.38. The monoisotopic (exact) mass is 255 g/mol. The molecule has 0 aliphatic heterocycles. The average molecular weight is 255 g/mol. The fraction of sp³-hybridized carbons (Fsp3) is 0.133. The number of hydrogen-bond acceptors (Lipinski definition) is 2. The number of pyridine rings is 1. The Hall–Kier alpha value is -1.87. The Bertz CT molecular complexity index is 754. The Morgan fingerprint density at radius 3 is 2.89 bits per heavy atom. The van der Waals surface area contributed by atoms with Gasteiger partial charge in [-0.05, 0) is 40.9 Å². The van der Waals surface area contributed by atoms with Crippen LogP contribution in [0.25, 0.3) is 10.1 Å². The molecule has 0 saturated carbocycles. The van der Waals surface area contributed by atoms with Crippen LogP contribution in [-0.2, 0) is 6.54 Å². The second kappa shape index (κ2) is 4.42. The predicted molar refractivity (Wildman–Crippen MR) is 76.4 cm³/mol. The van der Waals surface area contributed by atoms with Crippen molar-refractivity contribution in [2.24, 2.45) is 0 Å². The highest BCUT2D eigenvalue weighted by molar-refractivity contribution is 7.17. The zero-order valence-corrected chi connectivity index (χ0v) is 10.9. The van der Waals surface area contributed by atoms with Crippen molar-refractivity contribution in [3.63, 3.8) is 0 Å². The van der Waals surface area contributed by atoms with E-state index in [-0.39, 0.29) is 5.56 Å². The van der Waals surface area contributed by atoms with Gasteiger partial charge in [0.2, 0.25) is 0 Å². The van der Waals surface area contributed by atoms with Crippen molar-refractivity contribution < 1.29 is 0 Å². The second-order valence-corrected chi connectivity index (χ2v) is 5.34. The summed E-state index contributed by atoms with van der Waals surface area (Å²) in [5.41, 5.74) is 2.28. The molecule has 3 rings (SSSR count). The van der Waals surface area contributed by atoms with Gasteiger partial charge in [-0.15, -0.1) is 11.3 Å². The lowest BCUT2D eigenvalue weighted by Crippen LogP contribution is -2.18. The van der Waals surface area contributed by atoms with Crippen LogP contribution in [0.2, 0.25) is 0 Å². The minimum Gasteiger partial charge on any atom is -0.311 e. The molecule has 0 radical (unpaired) electrons. The molecule has 2 heterocycles. The predicted octanol–water partition coefficient (Wildman–Crippen LogP) is 3.42. The van der Waals surface area contributed by atoms with Crippen LogP contribution in [0, 0.1) is 6.92 Å². The summed E-state index contributed by atoms with van der Waals surface area (Å²) in [6, 6.07) is 11.9. The number of aryl methyl sites for hydroxylation is 1. The van der Waals surface area contributed by atoms with Gasteiger partial charge in [0, 0.05) is 17.0 Å². The molecule has 0 spiro atoms. The van der Waals surface area contributed by atoms with E-state index < -0.39 is 0 Å². The van der Waals surface area contributed by atoms with E-state index in [0.29, 0.717) is 6.54 Å². The standard InChI is InChI=1S/C15H13NOS/c1-11-6-7-16(15(17)8-11)9-12-10-18-14-5-3-2-4-13(12)14/h2-8,10H,9H2,1H3. The van der Waals surface area contributed by atoms with Crippen molar-refractivity contribution >= 4 is 21.4 Å². The highest BCUT2D eigenvalue weighted by Crippen LogP contribution is 2.25. The van der Waals surface area contributed by atoms with Crippen LogP contribution in [-0.4, -0.2) is 4.57 Å². The van der Waals surface area contributed by atoms with Crippen LogP contribution in [0.1, 0.15) is 11.1 Å². The van der Waals surface area contributed by atoms with Gasteiger partial charge in [0.15, 0.2) is 0 Å². The number of thiophene rings is 1. The molecule has 1 aromatic carbocycles. The lowest BCUT2D eigenvalue weighted by Gasteiger charge is -2.05. The Balaban J connectivity index is 2.04. The molecule has 0 atom stereocenters. The fourth-order valence-electron chi connectivity index (χ4n) is 2.08. The van der Waals surface area contributed by atoms with E-state index in [4.69, 9.17) is 0 Å². The maximum absolute atomic E-state index is 11.9. The normalized spacial score (nSPS) is 10.9. The van der Waals surface area contributed by atoms with Crippen molar-refractivity contribution in [3.8, 4) is 0 Å². The number of rotatable bonds is 2. The van der Waals surface area contributed by atoms with Gasteiger partial charge in [-0.2, -0.15) is 0 Å². The molecule has 0 fully saturated rings. The number of benzene rings is 1. The number of aromatic nitrogens is 1. The third-order valence-corrected chi connectivity index (χ3v) is 4.07. The summed E-state index contributed by atoms with van der Waals surface area (Å²) in [6.07, 6.45) is 1.87. The van der Waals surface area contributed by atoms with Crippen LogP contribution in [0.3, 0.4) is 0 Å². The fourth-order valence-corrected chi connectivity index (χ4v) is 3.03. The molecule has 0 aliphatic carbocycles. The van der Waals surface area contributed by atoms with E-state index in [1.807, 2.05) is 31.3 Å². The molecule has 90 valence electrons. The van der Waals surface area contributed by atoms with E-state index in [2.05, 4.69) is 17.5 Å². The Labute approximate surface area is 109 Å². The largest absolute Gasteiger partial charge is 0.311 e. The smallest absolute Gasteiger partial charge is 0.251 e. The maximum Gasteiger partial charge on any atom is 0.251 e. The molecular weight excluding hydrogens is 242 g/mol. The SMILES string of the molecule is Cc1ccn(Cc2csc3ccccc23)c(=O)c1. The average Bonchev–Trinajstić information content (AvgIpc) is 2.76. The van der Waals surface area contributed by atoms with Gasteiger partial charge in [-0.3, -0.25) is 4.79 Å². The topological polar surface area (TPSA) is 22.0 Å². The van der Waals surface area contributed by atoms with Crippen LogP contribution in [0.15, 0.2) is 52.8 Å². The molecule has 3 heteroatoms. The highest BCUT2D eigenvalue weighted by atomic mass is 32.1. The Kier molecular flexibility index (Phi) is 2.76. The minimum absolute atomic E-state index is 0.0604. The summed E-state index contributed by atoms with van der Waals surface area (Å²) in [5.74, 6) is 0. The van der Waals surface area contributed by atoms with E-state index in [1.165, 1.54) is 15.6 Å². The molecule has 0 saturated heterocycles. The molecule has 3 aromatic rings. The summed E-state index contributed by atoms with van der Waals surface area (Å²) < 4.78 is 3.02. The zero-order valence-electron chi connectivity index (χ0n) is 10.1. The molecule has 0 aliphatic rings. The molecule has 0 N–H and O–H groups in total. The third-order valence-electron chi connectivity index (χ3n) is 3.05. The molecular formula is C15H13NOS. The lowest BCUT2D eigenvalue weighted by atomic mass is 10.2. The Morgan fingerprint density at radius 1 is 1.22 bits per heavy atom. The first-order valence-corrected chi connectivity index (χ1v) is 6.74. The van der Waals surface area contributed by atoms with Gasteiger partial charge in [0.25, 0.3) is 5.56 Å². The van der Waals surface area contributed by atoms with E-state index in [9.17, 15) is 4.79 Å². The van der Waals surface area contributed by atoms with Gasteiger partial charge in [-0.25, -0.2) is 0 Å². The summed E-state index contributed by atoms with van der Waals surface area (Å²) in [6.45, 7) is 2.58. The molecule has 18 heavy (non-hydrogen) atoms. The van der Waals surface area contributed by atoms with E-state index >= 15 is 0 Å². The first kappa shape index (κ1) is 11.2. The molecule has 2 aromatic heterocycles. The van der Waals surface area contributed by atoms with E-state index in [1.54, 1.807) is 22.0 Å². The van der Waals surface area contributed by atoms with Crippen molar-refractivity contribution in [2.75, 3.05) is 0 Å². The lowest BCUT2D eigenvalue weighted by molar-refractivity contribution is 0.763. The summed E-state index contributed by atoms with van der Waals surface area (Å²) in [7, 11) is 0. The van der Waals surface area contributed by atoms with Crippen molar-refractivity contribution in [2.45, 2.75) is 13.5 Å². The second-order valence-electron chi connectivity index (χ2n) is 4.43. The first-order chi connectivity index (χ1) is 8.74. The summed E-state index contributed by atoms with van der Waals surface area (Å²) >= 11 is 1.73. The Morgan fingerprint density at radius 2 is 2.06 bits per heavy atom. The summed E-state index contributed by atoms with van der Waals surface area (Å²) in [4.78, 5) is 11.9. The van der Waals surface area contributed by atoms with Crippen LogP contribution >= 0.6 is 11.3 Å². The molecule has 2 nitrogen and oxygen atoms in total. The quantitative estimate of drug-likeness (QED) is 0.687. The first-order valence-electron chi connectivity index (χ1n) is 5.86. The highest BCUT2D eigenvalue weighted by Gasteiger charge is 2.04. The number of fused-ring (bicyclic) bond motifs is 1. The van der Waals surface area contributed by atoms with Crippen molar-refractivity contribution in [1.82, 2.24) is 4.57 Å². The third kappa shape index (κ3) is 1.97. The molecule has 0 bridgehead atoms. The molecule has 0 unspecified atom stereocenters. The minimum atomic E-state index is 0.0604. The molecule has 0 amide bonds. The maximum atomic E-state index is 11.9. The number of hydrogen-bond donors (Lipinski definition) is 0. The van der Waals surface area contributed by atoms with Crippen LogP contribution < -0.4 is 5.56 Å².